The first-order valence-corrected chi connectivity index (χ1v) is 44.5. The fourth-order valence-electron chi connectivity index (χ4n) is 13.2. The highest BCUT2D eigenvalue weighted by atomic mass is 79.9. The van der Waals surface area contributed by atoms with E-state index in [4.69, 9.17) is 9.05 Å². The van der Waals surface area contributed by atoms with E-state index < -0.39 is 7.60 Å². The predicted octanol–water partition coefficient (Wildman–Crippen LogP) is 34.3. The molecule has 0 aliphatic heterocycles. The van der Waals surface area contributed by atoms with E-state index in [2.05, 4.69) is 437 Å². The number of nitrogens with zero attached hydrogens (tertiary/aromatic N) is 2. The number of carbonyl (C=O) groups excluding carboxylic acids is 1. The van der Waals surface area contributed by atoms with Crippen LogP contribution in [0.4, 0.5) is 56.9 Å². The van der Waals surface area contributed by atoms with Crippen molar-refractivity contribution < 1.29 is 18.4 Å². The lowest BCUT2D eigenvalue weighted by molar-refractivity contribution is 0.112. The van der Waals surface area contributed by atoms with Gasteiger partial charge in [0.15, 0.2) is 0 Å². The normalized spacial score (nSPS) is 10.7. The molecule has 0 atom stereocenters. The number of nitrogens with one attached hydrogen (secondary N) is 2. The number of halogens is 2. The molecule has 2 N–H and O–H groups in total. The summed E-state index contributed by atoms with van der Waals surface area (Å²) in [5.74, 6) is 0. The second-order valence-corrected chi connectivity index (χ2v) is 33.2. The SMILES string of the molecule is C.C.CCOP(=O)(Cc1ccc(Br)cc1)OCC.Cc1ccc(/C=C/c2ccc(Br)cc2)cc1.Cc1ccc(/C=C/c2ccc(N(c3ccccc3)c3ccc(-c4ccc(N(c5ccccc5)c5ccc(/C=C/c6ccc(C)cc6)cc5)cc4)cc3)cc2)cc1.Cc1ccc(C=O)cc1.c1ccc(Nc2ccc(-c3ccc(Nc4ccccc4)cc3)cc2)cc1. The number of carbonyl (C=O) groups is 1. The van der Waals surface area contributed by atoms with Crippen LogP contribution in [0, 0.1) is 27.7 Å². The zero-order chi connectivity index (χ0) is 85.8. The van der Waals surface area contributed by atoms with Crippen LogP contribution in [-0.2, 0) is 19.8 Å². The predicted molar refractivity (Wildman–Crippen MR) is 546 cm³/mol. The summed E-state index contributed by atoms with van der Waals surface area (Å²) in [6.07, 6.45) is 14.1. The van der Waals surface area contributed by atoms with E-state index >= 15 is 0 Å². The molecular weight excluding hydrogens is 1680 g/mol. The Labute approximate surface area is 758 Å². The van der Waals surface area contributed by atoms with Gasteiger partial charge in [0.05, 0.1) is 19.4 Å². The third-order valence-electron chi connectivity index (χ3n) is 19.8. The van der Waals surface area contributed by atoms with Gasteiger partial charge in [-0.25, -0.2) is 0 Å². The lowest BCUT2D eigenvalue weighted by Gasteiger charge is -2.26. The average molecular weight is 1790 g/mol. The summed E-state index contributed by atoms with van der Waals surface area (Å²) >= 11 is 6.78. The zero-order valence-electron chi connectivity index (χ0n) is 70.2. The van der Waals surface area contributed by atoms with E-state index in [1.807, 2.05) is 106 Å². The van der Waals surface area contributed by atoms with Crippen LogP contribution >= 0.6 is 39.5 Å². The molecule has 0 spiro atoms. The van der Waals surface area contributed by atoms with Crippen molar-refractivity contribution in [3.05, 3.63) is 488 Å². The lowest BCUT2D eigenvalue weighted by Crippen LogP contribution is -2.10. The van der Waals surface area contributed by atoms with Gasteiger partial charge >= 0.3 is 7.60 Å². The number of para-hydroxylation sites is 4. The molecule has 125 heavy (non-hydrogen) atoms. The molecule has 0 saturated carbocycles. The molecule has 16 aromatic rings. The minimum atomic E-state index is -2.97. The van der Waals surface area contributed by atoms with Gasteiger partial charge in [0.25, 0.3) is 0 Å². The molecule has 0 bridgehead atoms. The summed E-state index contributed by atoms with van der Waals surface area (Å²) in [7, 11) is -2.97. The van der Waals surface area contributed by atoms with Crippen LogP contribution in [0.2, 0.25) is 0 Å². The van der Waals surface area contributed by atoms with Crippen LogP contribution in [0.15, 0.2) is 421 Å². The molecule has 0 radical (unpaired) electrons. The van der Waals surface area contributed by atoms with Crippen molar-refractivity contribution >= 4 is 139 Å². The van der Waals surface area contributed by atoms with Gasteiger partial charge in [-0.15, -0.1) is 0 Å². The fourth-order valence-corrected chi connectivity index (χ4v) is 15.4. The molecule has 16 rings (SSSR count). The smallest absolute Gasteiger partial charge is 0.335 e. The van der Waals surface area contributed by atoms with E-state index in [9.17, 15) is 9.36 Å². The minimum Gasteiger partial charge on any atom is -0.356 e. The van der Waals surface area contributed by atoms with E-state index in [1.54, 1.807) is 0 Å². The Morgan fingerprint density at radius 2 is 0.488 bits per heavy atom. The van der Waals surface area contributed by atoms with Crippen molar-refractivity contribution in [1.29, 1.82) is 0 Å². The number of rotatable bonds is 25. The van der Waals surface area contributed by atoms with E-state index in [-0.39, 0.29) is 14.9 Å². The fraction of sp³-hybridized carbons (Fsp3) is 0.0965. The van der Waals surface area contributed by atoms with Crippen LogP contribution in [0.25, 0.3) is 58.7 Å². The Morgan fingerprint density at radius 3 is 0.760 bits per heavy atom. The Bertz CT molecular complexity index is 5670. The lowest BCUT2D eigenvalue weighted by atomic mass is 10.0. The largest absolute Gasteiger partial charge is 0.356 e. The van der Waals surface area contributed by atoms with Crippen molar-refractivity contribution in [3.8, 4) is 22.3 Å². The molecule has 0 aliphatic rings. The van der Waals surface area contributed by atoms with E-state index in [1.165, 1.54) is 66.8 Å². The van der Waals surface area contributed by atoms with E-state index in [0.717, 1.165) is 94.4 Å². The molecule has 0 fully saturated rings. The second kappa shape index (κ2) is 49.1. The Balaban J connectivity index is 0.000000193. The number of anilines is 10. The van der Waals surface area contributed by atoms with Gasteiger partial charge in [-0.3, -0.25) is 9.36 Å². The van der Waals surface area contributed by atoms with Crippen molar-refractivity contribution in [2.75, 3.05) is 33.6 Å². The third-order valence-corrected chi connectivity index (χ3v) is 22.9. The van der Waals surface area contributed by atoms with Crippen molar-refractivity contribution in [1.82, 2.24) is 0 Å². The number of hydrogen-bond acceptors (Lipinski definition) is 8. The molecule has 0 aromatic heterocycles. The summed E-state index contributed by atoms with van der Waals surface area (Å²) in [5.41, 5.74) is 29.6. The van der Waals surface area contributed by atoms with Crippen LogP contribution in [0.3, 0.4) is 0 Å². The number of hydrogen-bond donors (Lipinski definition) is 2. The molecule has 628 valence electrons. The quantitative estimate of drug-likeness (QED) is 0.0333. The van der Waals surface area contributed by atoms with Gasteiger partial charge < -0.3 is 29.5 Å². The van der Waals surface area contributed by atoms with Crippen LogP contribution in [0.5, 0.6) is 0 Å². The maximum absolute atomic E-state index is 12.2. The van der Waals surface area contributed by atoms with Gasteiger partial charge in [0.2, 0.25) is 0 Å². The van der Waals surface area contributed by atoms with Crippen molar-refractivity contribution in [2.24, 2.45) is 0 Å². The van der Waals surface area contributed by atoms with Gasteiger partial charge in [-0.05, 0) is 248 Å². The first kappa shape index (κ1) is 94.0. The maximum atomic E-state index is 12.2. The van der Waals surface area contributed by atoms with Crippen LogP contribution in [0.1, 0.15) is 100 Å². The van der Waals surface area contributed by atoms with Gasteiger partial charge in [0.1, 0.15) is 6.29 Å². The van der Waals surface area contributed by atoms with Crippen molar-refractivity contribution in [3.63, 3.8) is 0 Å². The molecule has 11 heteroatoms. The van der Waals surface area contributed by atoms with Gasteiger partial charge in [-0.2, -0.15) is 0 Å². The molecule has 0 unspecified atom stereocenters. The minimum absolute atomic E-state index is 0. The summed E-state index contributed by atoms with van der Waals surface area (Å²) in [6.45, 7) is 12.7. The first-order chi connectivity index (χ1) is 60.1. The standard InChI is InChI=1S/C54H44N2.C24H20N2.C15H13Br.C11H16BrO3P.C8H8O.2CH4/c1-41-13-17-43(18-14-41)21-23-45-25-33-51(34-26-45)55(49-9-5-3-6-10-49)53-37-29-47(30-38-53)48-31-39-54(40-32-48)56(50-11-7-4-8-12-50)52-35-27-46(28-36-52)24-22-44-19-15-42(2)16-20-44;1-3-7-21(8-4-1)25-23-15-11-19(12-16-23)20-13-17-24(18-14-20)26-22-9-5-2-6-10-22;1-12-2-4-13(5-3-12)6-7-14-8-10-15(16)11-9-14;1-3-14-16(13,15-4-2)9-10-5-7-11(12)8-6-10;1-7-2-4-8(6-9)5-3-7;;/h3-40H,1-2H3;1-18,25-26H;2-11H,1H3;5-8H,3-4,9H2,1-2H3;2-6H,1H3;2*1H4/b23-21+,24-22+;;7-6+;;;;. The molecule has 0 aliphatic carbocycles. The second-order valence-electron chi connectivity index (χ2n) is 29.3. The molecule has 0 amide bonds. The average Bonchev–Trinajstić information content (AvgIpc) is 0.794. The summed E-state index contributed by atoms with van der Waals surface area (Å²) in [5, 5.41) is 6.82. The molecule has 0 saturated heterocycles. The summed E-state index contributed by atoms with van der Waals surface area (Å²) in [6, 6.07) is 143. The molecule has 0 heterocycles. The summed E-state index contributed by atoms with van der Waals surface area (Å²) < 4.78 is 24.8. The monoisotopic (exact) mass is 1790 g/mol. The van der Waals surface area contributed by atoms with Crippen LogP contribution in [-0.4, -0.2) is 19.5 Å². The highest BCUT2D eigenvalue weighted by Crippen LogP contribution is 2.51. The van der Waals surface area contributed by atoms with Crippen LogP contribution < -0.4 is 20.4 Å². The Morgan fingerprint density at radius 1 is 0.272 bits per heavy atom. The van der Waals surface area contributed by atoms with Gasteiger partial charge in [-0.1, -0.05) is 372 Å². The topological polar surface area (TPSA) is 83.1 Å². The van der Waals surface area contributed by atoms with Crippen molar-refractivity contribution in [2.45, 2.75) is 62.6 Å². The maximum Gasteiger partial charge on any atom is 0.335 e. The number of aryl methyl sites for hydroxylation is 4. The molecular formula is C114H109Br2N4O4P. The first-order valence-electron chi connectivity index (χ1n) is 41.2. The number of aldehydes is 1. The van der Waals surface area contributed by atoms with E-state index in [0.29, 0.717) is 19.4 Å². The zero-order valence-corrected chi connectivity index (χ0v) is 74.2. The Hall–Kier alpha value is -13.3. The summed E-state index contributed by atoms with van der Waals surface area (Å²) in [4.78, 5) is 14.7. The highest BCUT2D eigenvalue weighted by molar-refractivity contribution is 9.10. The number of benzene rings is 16. The Kier molecular flexibility index (Phi) is 36.9. The third kappa shape index (κ3) is 30.0. The molecule has 8 nitrogen and oxygen atoms in total. The highest BCUT2D eigenvalue weighted by Gasteiger charge is 2.24. The van der Waals surface area contributed by atoms with Gasteiger partial charge in [0, 0.05) is 71.4 Å². The molecule has 16 aromatic carbocycles.